The van der Waals surface area contributed by atoms with E-state index in [1.165, 1.54) is 22.7 Å². The van der Waals surface area contributed by atoms with Crippen LogP contribution in [0.25, 0.3) is 0 Å². The van der Waals surface area contributed by atoms with Crippen LogP contribution in [0.4, 0.5) is 16.6 Å². The minimum Gasteiger partial charge on any atom is -0.379 e. The smallest absolute Gasteiger partial charge is 0.255 e. The zero-order valence-electron chi connectivity index (χ0n) is 34.7. The molecular weight excluding hydrogens is 801 g/mol. The van der Waals surface area contributed by atoms with Gasteiger partial charge in [-0.3, -0.25) is 29.3 Å². The fraction of sp³-hybridized carbons (Fsp3) is 0.568. The van der Waals surface area contributed by atoms with Crippen LogP contribution in [0.3, 0.4) is 0 Å². The number of carbonyl (C=O) groups excluding carboxylic acids is 5. The fourth-order valence-corrected chi connectivity index (χ4v) is 9.34. The van der Waals surface area contributed by atoms with Gasteiger partial charge < -0.3 is 40.4 Å². The average molecular weight is 859 g/mol. The van der Waals surface area contributed by atoms with E-state index in [-0.39, 0.29) is 55.7 Å². The van der Waals surface area contributed by atoms with E-state index < -0.39 is 17.4 Å². The number of fused-ring (bicyclic) bond motifs is 1. The summed E-state index contributed by atoms with van der Waals surface area (Å²) in [5.74, 6) is -0.322. The van der Waals surface area contributed by atoms with Crippen LogP contribution >= 0.6 is 11.3 Å². The highest BCUT2D eigenvalue weighted by molar-refractivity contribution is 7.13. The molecule has 1 aromatic carbocycles. The number of pyridine rings is 1. The predicted molar refractivity (Wildman–Crippen MR) is 229 cm³/mol. The number of piperidine rings is 1. The number of thiazole rings is 1. The maximum atomic E-state index is 13.9. The number of imide groups is 1. The summed E-state index contributed by atoms with van der Waals surface area (Å²) < 4.78 is 16.9. The average Bonchev–Trinajstić information content (AvgIpc) is 3.89. The molecule has 4 aliphatic rings. The molecule has 5 amide bonds. The Balaban J connectivity index is 0.696. The molecule has 0 radical (unpaired) electrons. The quantitative estimate of drug-likeness (QED) is 0.0736. The third kappa shape index (κ3) is 12.4. The van der Waals surface area contributed by atoms with Gasteiger partial charge >= 0.3 is 0 Å². The number of hydrogen-bond acceptors (Lipinski definition) is 13. The van der Waals surface area contributed by atoms with Crippen LogP contribution in [0.2, 0.25) is 0 Å². The molecule has 5 N–H and O–H groups in total. The SMILES string of the molecule is O=C1CCC(N2Cc3cc(NC(=O)CCOCCOCCOCCN[C@H]4CC[C@@H](NC(=O)C5(Cc6cccc(Nc7nccs7)n6)CCCCC5)CC4)ccc3C2=O)C(=O)N1. The van der Waals surface area contributed by atoms with E-state index in [1.807, 2.05) is 23.6 Å². The molecule has 2 aliphatic carbocycles. The van der Waals surface area contributed by atoms with Crippen molar-refractivity contribution in [3.05, 3.63) is 64.8 Å². The molecule has 328 valence electrons. The number of anilines is 3. The number of nitrogens with zero attached hydrogens (tertiary/aromatic N) is 3. The molecule has 61 heavy (non-hydrogen) atoms. The van der Waals surface area contributed by atoms with E-state index in [2.05, 4.69) is 31.6 Å². The van der Waals surface area contributed by atoms with Gasteiger partial charge in [0.1, 0.15) is 11.9 Å². The molecule has 4 heterocycles. The molecule has 1 unspecified atom stereocenters. The monoisotopic (exact) mass is 858 g/mol. The normalized spacial score (nSPS) is 21.1. The first-order valence-electron chi connectivity index (χ1n) is 21.7. The highest BCUT2D eigenvalue weighted by Gasteiger charge is 2.42. The van der Waals surface area contributed by atoms with Crippen LogP contribution in [0.5, 0.6) is 0 Å². The Bertz CT molecular complexity index is 1970. The van der Waals surface area contributed by atoms with Gasteiger partial charge in [-0.1, -0.05) is 25.3 Å². The molecule has 3 fully saturated rings. The fourth-order valence-electron chi connectivity index (χ4n) is 8.80. The van der Waals surface area contributed by atoms with Crippen molar-refractivity contribution >= 4 is 57.5 Å². The number of carbonyl (C=O) groups is 5. The topological polar surface area (TPSA) is 202 Å². The van der Waals surface area contributed by atoms with Crippen LogP contribution in [-0.2, 0) is 46.4 Å². The molecular formula is C44H58N8O8S. The first kappa shape index (κ1) is 44.3. The number of nitrogens with one attached hydrogen (secondary N) is 5. The summed E-state index contributed by atoms with van der Waals surface area (Å²) in [7, 11) is 0. The van der Waals surface area contributed by atoms with Crippen LogP contribution in [0.1, 0.15) is 98.7 Å². The molecule has 3 aromatic rings. The summed E-state index contributed by atoms with van der Waals surface area (Å²) in [5.41, 5.74) is 2.29. The summed E-state index contributed by atoms with van der Waals surface area (Å²) in [5, 5.41) is 18.2. The van der Waals surface area contributed by atoms with Gasteiger partial charge in [0.25, 0.3) is 5.91 Å². The summed E-state index contributed by atoms with van der Waals surface area (Å²) >= 11 is 1.53. The number of amides is 5. The molecule has 16 nitrogen and oxygen atoms in total. The molecule has 17 heteroatoms. The number of rotatable bonds is 21. The lowest BCUT2D eigenvalue weighted by Gasteiger charge is -2.38. The second kappa shape index (κ2) is 21.8. The maximum Gasteiger partial charge on any atom is 0.255 e. The number of ether oxygens (including phenoxy) is 3. The highest BCUT2D eigenvalue weighted by atomic mass is 32.1. The Morgan fingerprint density at radius 1 is 0.885 bits per heavy atom. The number of aromatic nitrogens is 2. The van der Waals surface area contributed by atoms with E-state index in [0.717, 1.165) is 80.1 Å². The van der Waals surface area contributed by atoms with E-state index >= 15 is 0 Å². The van der Waals surface area contributed by atoms with E-state index in [9.17, 15) is 24.0 Å². The van der Waals surface area contributed by atoms with Gasteiger partial charge in [-0.15, -0.1) is 11.3 Å². The van der Waals surface area contributed by atoms with Crippen LogP contribution in [0.15, 0.2) is 48.0 Å². The Morgan fingerprint density at radius 3 is 2.39 bits per heavy atom. The van der Waals surface area contributed by atoms with Gasteiger partial charge in [-0.2, -0.15) is 0 Å². The third-order valence-corrected chi connectivity index (χ3v) is 12.7. The standard InChI is InChI=1S/C44H58N8O8S/c53-38-14-13-36(40(55)51-38)52-29-30-27-33(11-12-35(30)41(52)56)48-39(54)15-20-58-22-24-60-25-23-59-21-18-45-31-7-9-32(10-8-31)49-42(57)44(16-2-1-3-17-44)28-34-5-4-6-37(47-34)50-43-46-19-26-61-43/h4-6,11-12,19,26-27,31-32,36,45H,1-3,7-10,13-18,20-25,28-29H2,(H,48,54)(H,49,57)(H,46,47,50)(H,51,53,55)/t31-,32+,36?. The summed E-state index contributed by atoms with van der Waals surface area (Å²) in [4.78, 5) is 73.8. The Morgan fingerprint density at radius 2 is 1.64 bits per heavy atom. The van der Waals surface area contributed by atoms with Crippen LogP contribution in [-0.4, -0.2) is 109 Å². The largest absolute Gasteiger partial charge is 0.379 e. The predicted octanol–water partition coefficient (Wildman–Crippen LogP) is 4.63. The van der Waals surface area contributed by atoms with E-state index in [1.54, 1.807) is 24.4 Å². The maximum absolute atomic E-state index is 13.9. The minimum atomic E-state index is -0.684. The lowest BCUT2D eigenvalue weighted by Crippen LogP contribution is -2.52. The van der Waals surface area contributed by atoms with E-state index in [0.29, 0.717) is 63.2 Å². The van der Waals surface area contributed by atoms with Crippen molar-refractivity contribution in [1.29, 1.82) is 0 Å². The first-order valence-corrected chi connectivity index (χ1v) is 22.6. The molecule has 2 aliphatic heterocycles. The van der Waals surface area contributed by atoms with Crippen molar-refractivity contribution in [2.45, 2.75) is 108 Å². The molecule has 0 spiro atoms. The Labute approximate surface area is 360 Å². The summed E-state index contributed by atoms with van der Waals surface area (Å²) in [6.45, 7) is 3.48. The molecule has 0 bridgehead atoms. The van der Waals surface area contributed by atoms with Crippen molar-refractivity contribution in [3.63, 3.8) is 0 Å². The van der Waals surface area contributed by atoms with Crippen LogP contribution < -0.4 is 26.6 Å². The van der Waals surface area contributed by atoms with Gasteiger partial charge in [0.15, 0.2) is 5.13 Å². The minimum absolute atomic E-state index is 0.159. The first-order chi connectivity index (χ1) is 29.7. The van der Waals surface area contributed by atoms with Gasteiger partial charge in [0.05, 0.1) is 51.5 Å². The summed E-state index contributed by atoms with van der Waals surface area (Å²) in [6, 6.07) is 10.9. The summed E-state index contributed by atoms with van der Waals surface area (Å²) in [6.07, 6.45) is 12.1. The lowest BCUT2D eigenvalue weighted by atomic mass is 9.70. The van der Waals surface area contributed by atoms with Gasteiger partial charge in [0.2, 0.25) is 23.6 Å². The highest BCUT2D eigenvalue weighted by Crippen LogP contribution is 2.40. The third-order valence-electron chi connectivity index (χ3n) is 12.1. The second-order valence-corrected chi connectivity index (χ2v) is 17.3. The van der Waals surface area contributed by atoms with Gasteiger partial charge in [0, 0.05) is 66.5 Å². The Hall–Kier alpha value is -4.81. The lowest BCUT2D eigenvalue weighted by molar-refractivity contribution is -0.137. The van der Waals surface area contributed by atoms with Crippen molar-refractivity contribution in [2.24, 2.45) is 5.41 Å². The second-order valence-electron chi connectivity index (χ2n) is 16.4. The van der Waals surface area contributed by atoms with Crippen molar-refractivity contribution in [2.75, 3.05) is 56.8 Å². The molecule has 2 aromatic heterocycles. The Kier molecular flexibility index (Phi) is 15.8. The van der Waals surface area contributed by atoms with Crippen molar-refractivity contribution < 1.29 is 38.2 Å². The van der Waals surface area contributed by atoms with Crippen LogP contribution in [0, 0.1) is 5.41 Å². The number of hydrogen-bond donors (Lipinski definition) is 5. The number of benzene rings is 1. The molecule has 1 saturated heterocycles. The van der Waals surface area contributed by atoms with Crippen molar-refractivity contribution in [3.8, 4) is 0 Å². The molecule has 2 saturated carbocycles. The molecule has 7 rings (SSSR count). The zero-order chi connectivity index (χ0) is 42.4. The van der Waals surface area contributed by atoms with Gasteiger partial charge in [-0.25, -0.2) is 9.97 Å². The van der Waals surface area contributed by atoms with E-state index in [4.69, 9.17) is 19.2 Å². The van der Waals surface area contributed by atoms with Crippen molar-refractivity contribution in [1.82, 2.24) is 30.8 Å². The van der Waals surface area contributed by atoms with Gasteiger partial charge in [-0.05, 0) is 80.8 Å². The molecule has 1 atom stereocenters. The zero-order valence-corrected chi connectivity index (χ0v) is 35.5.